The molecule has 1 rings (SSSR count). The second-order valence-corrected chi connectivity index (χ2v) is 2.29. The SMILES string of the molecule is O=S=C1NC(Cl)C1=O. The monoisotopic (exact) mass is 151 g/mol. The van der Waals surface area contributed by atoms with Crippen LogP contribution in [0.15, 0.2) is 0 Å². The minimum absolute atomic E-state index is 0.116. The Kier molecular flexibility index (Phi) is 1.46. The summed E-state index contributed by atoms with van der Waals surface area (Å²) >= 11 is 5.38. The maximum atomic E-state index is 10.3. The summed E-state index contributed by atoms with van der Waals surface area (Å²) < 4.78 is 9.81. The van der Waals surface area contributed by atoms with Crippen LogP contribution in [0.1, 0.15) is 0 Å². The molecule has 1 aliphatic heterocycles. The summed E-state index contributed by atoms with van der Waals surface area (Å²) in [7, 11) is 0. The molecule has 0 aliphatic carbocycles. The minimum Gasteiger partial charge on any atom is -0.289 e. The van der Waals surface area contributed by atoms with Crippen molar-refractivity contribution in [3.05, 3.63) is 0 Å². The van der Waals surface area contributed by atoms with Gasteiger partial charge in [0, 0.05) is 0 Å². The quantitative estimate of drug-likeness (QED) is 0.276. The highest BCUT2D eigenvalue weighted by Crippen LogP contribution is 2.02. The molecule has 1 heterocycles. The van der Waals surface area contributed by atoms with Crippen molar-refractivity contribution in [2.75, 3.05) is 0 Å². The fraction of sp³-hybridized carbons (Fsp3) is 0.333. The first-order valence-corrected chi connectivity index (χ1v) is 3.05. The minimum atomic E-state index is -0.661. The van der Waals surface area contributed by atoms with E-state index in [0.29, 0.717) is 0 Å². The third kappa shape index (κ3) is 0.705. The molecule has 0 aromatic heterocycles. The summed E-state index contributed by atoms with van der Waals surface area (Å²) in [5.41, 5.74) is -0.661. The smallest absolute Gasteiger partial charge is 0.219 e. The van der Waals surface area contributed by atoms with Gasteiger partial charge in [0.1, 0.15) is 11.3 Å². The van der Waals surface area contributed by atoms with Crippen LogP contribution in [-0.2, 0) is 16.1 Å². The van der Waals surface area contributed by atoms with Crippen LogP contribution in [0.5, 0.6) is 0 Å². The van der Waals surface area contributed by atoms with Crippen LogP contribution < -0.4 is 5.32 Å². The Morgan fingerprint density at radius 1 is 1.75 bits per heavy atom. The van der Waals surface area contributed by atoms with Crippen molar-refractivity contribution in [2.45, 2.75) is 5.50 Å². The van der Waals surface area contributed by atoms with Crippen molar-refractivity contribution in [3.8, 4) is 0 Å². The van der Waals surface area contributed by atoms with Gasteiger partial charge in [0.2, 0.25) is 5.78 Å². The number of carbonyl (C=O) groups excluding carboxylic acids is 1. The molecule has 1 unspecified atom stereocenters. The molecule has 1 aliphatic rings. The largest absolute Gasteiger partial charge is 0.289 e. The lowest BCUT2D eigenvalue weighted by Gasteiger charge is -2.18. The van der Waals surface area contributed by atoms with E-state index in [9.17, 15) is 9.00 Å². The molecule has 0 amide bonds. The van der Waals surface area contributed by atoms with Gasteiger partial charge in [-0.2, -0.15) is 0 Å². The Labute approximate surface area is 54.1 Å². The average molecular weight is 152 g/mol. The molecular weight excluding hydrogens is 150 g/mol. The van der Waals surface area contributed by atoms with Crippen LogP contribution >= 0.6 is 11.6 Å². The number of alkyl halides is 1. The summed E-state index contributed by atoms with van der Waals surface area (Å²) in [5, 5.41) is 2.43. The predicted molar refractivity (Wildman–Crippen MR) is 30.9 cm³/mol. The molecule has 44 valence electrons. The van der Waals surface area contributed by atoms with E-state index in [1.54, 1.807) is 0 Å². The molecule has 5 heteroatoms. The van der Waals surface area contributed by atoms with E-state index < -0.39 is 5.50 Å². The Hall–Kier alpha value is -0.190. The second-order valence-electron chi connectivity index (χ2n) is 1.28. The molecule has 1 N–H and O–H groups in total. The van der Waals surface area contributed by atoms with Gasteiger partial charge in [-0.05, 0) is 0 Å². The summed E-state index contributed by atoms with van der Waals surface area (Å²) in [6.45, 7) is 0. The van der Waals surface area contributed by atoms with Gasteiger partial charge in [-0.3, -0.25) is 10.1 Å². The first-order chi connectivity index (χ1) is 3.75. The topological polar surface area (TPSA) is 46.2 Å². The summed E-state index contributed by atoms with van der Waals surface area (Å²) in [4.78, 5) is 10.5. The molecule has 1 saturated heterocycles. The maximum absolute atomic E-state index is 10.3. The van der Waals surface area contributed by atoms with Crippen LogP contribution in [0.4, 0.5) is 0 Å². The summed E-state index contributed by atoms with van der Waals surface area (Å²) in [5.74, 6) is -0.299. The number of ketones is 1. The zero-order valence-electron chi connectivity index (χ0n) is 3.68. The van der Waals surface area contributed by atoms with Crippen molar-refractivity contribution < 1.29 is 9.00 Å². The number of rotatable bonds is 0. The van der Waals surface area contributed by atoms with Crippen LogP contribution in [0.25, 0.3) is 0 Å². The van der Waals surface area contributed by atoms with Crippen LogP contribution in [-0.4, -0.2) is 20.5 Å². The van der Waals surface area contributed by atoms with Crippen molar-refractivity contribution in [1.82, 2.24) is 5.32 Å². The molecule has 0 aromatic carbocycles. The van der Waals surface area contributed by atoms with Gasteiger partial charge in [0.05, 0.1) is 0 Å². The maximum Gasteiger partial charge on any atom is 0.219 e. The Morgan fingerprint density at radius 2 is 2.38 bits per heavy atom. The molecule has 3 nitrogen and oxygen atoms in total. The van der Waals surface area contributed by atoms with Crippen molar-refractivity contribution in [1.29, 1.82) is 0 Å². The van der Waals surface area contributed by atoms with Crippen molar-refractivity contribution in [3.63, 3.8) is 0 Å². The summed E-state index contributed by atoms with van der Waals surface area (Å²) in [6, 6.07) is 0. The van der Waals surface area contributed by atoms with E-state index in [4.69, 9.17) is 11.6 Å². The van der Waals surface area contributed by atoms with Crippen molar-refractivity contribution in [2.24, 2.45) is 0 Å². The van der Waals surface area contributed by atoms with E-state index in [2.05, 4.69) is 5.32 Å². The van der Waals surface area contributed by atoms with Gasteiger partial charge in [0.15, 0.2) is 10.5 Å². The highest BCUT2D eigenvalue weighted by Gasteiger charge is 2.32. The van der Waals surface area contributed by atoms with Gasteiger partial charge in [0.25, 0.3) is 0 Å². The van der Waals surface area contributed by atoms with E-state index in [-0.39, 0.29) is 22.0 Å². The van der Waals surface area contributed by atoms with E-state index >= 15 is 0 Å². The van der Waals surface area contributed by atoms with Gasteiger partial charge >= 0.3 is 0 Å². The molecule has 1 fully saturated rings. The number of halogens is 1. The molecule has 0 radical (unpaired) electrons. The zero-order chi connectivity index (χ0) is 6.15. The number of carbonyl (C=O) groups is 1. The van der Waals surface area contributed by atoms with Crippen LogP contribution in [0.3, 0.4) is 0 Å². The summed E-state index contributed by atoms with van der Waals surface area (Å²) in [6.07, 6.45) is 0. The number of Topliss-reactive ketones (excluding diaryl/α,β-unsaturated/α-hetero) is 1. The van der Waals surface area contributed by atoms with Gasteiger partial charge in [-0.15, -0.1) is 0 Å². The molecular formula is C3H2ClNO2S. The van der Waals surface area contributed by atoms with Crippen LogP contribution in [0, 0.1) is 0 Å². The highest BCUT2D eigenvalue weighted by atomic mass is 35.5. The highest BCUT2D eigenvalue weighted by molar-refractivity contribution is 7.68. The lowest BCUT2D eigenvalue weighted by Crippen LogP contribution is -2.55. The Balaban J connectivity index is 2.75. The molecule has 8 heavy (non-hydrogen) atoms. The molecule has 0 saturated carbocycles. The molecule has 0 aromatic rings. The first kappa shape index (κ1) is 5.94. The van der Waals surface area contributed by atoms with E-state index in [1.807, 2.05) is 0 Å². The average Bonchev–Trinajstić information content (AvgIpc) is 1.81. The Bertz CT molecular complexity index is 186. The Morgan fingerprint density at radius 3 is 2.50 bits per heavy atom. The fourth-order valence-electron chi connectivity index (χ4n) is 0.354. The fourth-order valence-corrected chi connectivity index (χ4v) is 1.07. The predicted octanol–water partition coefficient (Wildman–Crippen LogP) is -0.934. The normalized spacial score (nSPS) is 27.4. The second kappa shape index (κ2) is 1.97. The lowest BCUT2D eigenvalue weighted by atomic mass is 10.3. The lowest BCUT2D eigenvalue weighted by molar-refractivity contribution is -0.115. The van der Waals surface area contributed by atoms with E-state index in [1.165, 1.54) is 0 Å². The third-order valence-corrected chi connectivity index (χ3v) is 1.59. The number of hydrogen-bond acceptors (Lipinski definition) is 2. The van der Waals surface area contributed by atoms with Crippen LogP contribution in [0.2, 0.25) is 0 Å². The standard InChI is InChI=1S/C3H2ClNO2S/c4-2-1(6)3(5-2)8-7/h2,5H. The van der Waals surface area contributed by atoms with Gasteiger partial charge < -0.3 is 0 Å². The third-order valence-electron chi connectivity index (χ3n) is 0.795. The van der Waals surface area contributed by atoms with Gasteiger partial charge in [-0.25, -0.2) is 4.21 Å². The molecule has 0 spiro atoms. The number of nitrogens with one attached hydrogen (secondary N) is 1. The van der Waals surface area contributed by atoms with Crippen molar-refractivity contribution >= 4 is 33.6 Å². The first-order valence-electron chi connectivity index (χ1n) is 1.87. The van der Waals surface area contributed by atoms with E-state index in [0.717, 1.165) is 0 Å². The molecule has 1 atom stereocenters. The number of hydrogen-bond donors (Lipinski definition) is 1. The molecule has 0 bridgehead atoms. The van der Waals surface area contributed by atoms with Gasteiger partial charge in [-0.1, -0.05) is 11.6 Å². The zero-order valence-corrected chi connectivity index (χ0v) is 5.25.